The average Bonchev–Trinajstić information content (AvgIpc) is 2.49. The first kappa shape index (κ1) is 13.7. The standard InChI is InChI=1S/C14H17N5O2/c1-9-7-18(5-4-12(9)15)14-11-6-10(19(20)21)2-3-13(11)16-8-17-14/h2-3,6,8-9,12H,4-5,7,15H2,1H3. The van der Waals surface area contributed by atoms with Gasteiger partial charge in [-0.1, -0.05) is 6.92 Å². The van der Waals surface area contributed by atoms with Crippen LogP contribution in [0, 0.1) is 16.0 Å². The number of fused-ring (bicyclic) bond motifs is 1. The van der Waals surface area contributed by atoms with Crippen molar-refractivity contribution in [2.24, 2.45) is 11.7 Å². The molecule has 21 heavy (non-hydrogen) atoms. The highest BCUT2D eigenvalue weighted by molar-refractivity contribution is 5.91. The molecule has 2 unspecified atom stereocenters. The van der Waals surface area contributed by atoms with Gasteiger partial charge in [0, 0.05) is 36.7 Å². The minimum Gasteiger partial charge on any atom is -0.356 e. The molecular weight excluding hydrogens is 270 g/mol. The molecule has 0 bridgehead atoms. The largest absolute Gasteiger partial charge is 0.356 e. The lowest BCUT2D eigenvalue weighted by Crippen LogP contribution is -2.46. The van der Waals surface area contributed by atoms with Crippen LogP contribution in [0.4, 0.5) is 11.5 Å². The molecule has 2 aromatic rings. The van der Waals surface area contributed by atoms with E-state index in [4.69, 9.17) is 5.73 Å². The lowest BCUT2D eigenvalue weighted by atomic mass is 9.94. The Bertz CT molecular complexity index is 690. The third-order valence-electron chi connectivity index (χ3n) is 4.08. The first-order valence-corrected chi connectivity index (χ1v) is 6.96. The summed E-state index contributed by atoms with van der Waals surface area (Å²) < 4.78 is 0. The Morgan fingerprint density at radius 3 is 2.95 bits per heavy atom. The molecule has 2 N–H and O–H groups in total. The van der Waals surface area contributed by atoms with Crippen LogP contribution in [0.1, 0.15) is 13.3 Å². The lowest BCUT2D eigenvalue weighted by Gasteiger charge is -2.36. The van der Waals surface area contributed by atoms with Crippen LogP contribution in [-0.2, 0) is 0 Å². The number of nitro benzene ring substituents is 1. The van der Waals surface area contributed by atoms with Crippen molar-refractivity contribution >= 4 is 22.4 Å². The first-order valence-electron chi connectivity index (χ1n) is 6.96. The zero-order valence-corrected chi connectivity index (χ0v) is 11.8. The summed E-state index contributed by atoms with van der Waals surface area (Å²) in [5.74, 6) is 1.12. The summed E-state index contributed by atoms with van der Waals surface area (Å²) in [6, 6.07) is 4.87. The zero-order valence-electron chi connectivity index (χ0n) is 11.8. The number of hydrogen-bond acceptors (Lipinski definition) is 6. The van der Waals surface area contributed by atoms with E-state index in [-0.39, 0.29) is 11.7 Å². The van der Waals surface area contributed by atoms with Gasteiger partial charge in [-0.25, -0.2) is 9.97 Å². The Balaban J connectivity index is 2.05. The molecule has 1 aromatic carbocycles. The highest BCUT2D eigenvalue weighted by Crippen LogP contribution is 2.29. The average molecular weight is 287 g/mol. The highest BCUT2D eigenvalue weighted by atomic mass is 16.6. The van der Waals surface area contributed by atoms with E-state index < -0.39 is 4.92 Å². The van der Waals surface area contributed by atoms with E-state index in [0.717, 1.165) is 30.7 Å². The van der Waals surface area contributed by atoms with Gasteiger partial charge in [-0.2, -0.15) is 0 Å². The van der Waals surface area contributed by atoms with Crippen molar-refractivity contribution in [1.82, 2.24) is 9.97 Å². The topological polar surface area (TPSA) is 98.2 Å². The minimum atomic E-state index is -0.398. The molecule has 0 amide bonds. The van der Waals surface area contributed by atoms with Crippen LogP contribution in [0.3, 0.4) is 0 Å². The summed E-state index contributed by atoms with van der Waals surface area (Å²) in [6.45, 7) is 3.72. The fourth-order valence-corrected chi connectivity index (χ4v) is 2.75. The van der Waals surface area contributed by atoms with E-state index in [2.05, 4.69) is 21.8 Å². The third-order valence-corrected chi connectivity index (χ3v) is 4.08. The summed E-state index contributed by atoms with van der Waals surface area (Å²) >= 11 is 0. The number of nitrogens with two attached hydrogens (primary N) is 1. The zero-order chi connectivity index (χ0) is 15.0. The van der Waals surface area contributed by atoms with Crippen molar-refractivity contribution in [3.05, 3.63) is 34.6 Å². The Kier molecular flexibility index (Phi) is 3.42. The van der Waals surface area contributed by atoms with Gasteiger partial charge in [-0.15, -0.1) is 0 Å². The van der Waals surface area contributed by atoms with Crippen LogP contribution in [0.15, 0.2) is 24.5 Å². The van der Waals surface area contributed by atoms with Gasteiger partial charge in [0.1, 0.15) is 12.1 Å². The van der Waals surface area contributed by atoms with Gasteiger partial charge in [-0.05, 0) is 18.4 Å². The molecule has 3 rings (SSSR count). The van der Waals surface area contributed by atoms with E-state index in [1.165, 1.54) is 12.4 Å². The maximum absolute atomic E-state index is 11.0. The van der Waals surface area contributed by atoms with Crippen molar-refractivity contribution in [1.29, 1.82) is 0 Å². The monoisotopic (exact) mass is 287 g/mol. The Hall–Kier alpha value is -2.28. The van der Waals surface area contributed by atoms with Crippen LogP contribution in [-0.4, -0.2) is 34.0 Å². The van der Waals surface area contributed by atoms with Crippen molar-refractivity contribution in [2.75, 3.05) is 18.0 Å². The van der Waals surface area contributed by atoms with E-state index >= 15 is 0 Å². The molecule has 0 aliphatic carbocycles. The molecule has 2 atom stereocenters. The second kappa shape index (κ2) is 5.25. The maximum atomic E-state index is 11.0. The second-order valence-electron chi connectivity index (χ2n) is 5.53. The van der Waals surface area contributed by atoms with Gasteiger partial charge in [0.15, 0.2) is 0 Å². The maximum Gasteiger partial charge on any atom is 0.270 e. The van der Waals surface area contributed by atoms with E-state index in [1.807, 2.05) is 0 Å². The summed E-state index contributed by atoms with van der Waals surface area (Å²) in [4.78, 5) is 21.2. The number of hydrogen-bond donors (Lipinski definition) is 1. The molecular formula is C14H17N5O2. The van der Waals surface area contributed by atoms with Crippen molar-refractivity contribution in [3.8, 4) is 0 Å². The van der Waals surface area contributed by atoms with Gasteiger partial charge in [-0.3, -0.25) is 10.1 Å². The number of nitrogens with zero attached hydrogens (tertiary/aromatic N) is 4. The van der Waals surface area contributed by atoms with Gasteiger partial charge < -0.3 is 10.6 Å². The number of anilines is 1. The number of aromatic nitrogens is 2. The summed E-state index contributed by atoms with van der Waals surface area (Å²) in [5.41, 5.74) is 6.82. The van der Waals surface area contributed by atoms with Gasteiger partial charge in [0.25, 0.3) is 5.69 Å². The lowest BCUT2D eigenvalue weighted by molar-refractivity contribution is -0.384. The summed E-state index contributed by atoms with van der Waals surface area (Å²) in [5, 5.41) is 11.7. The fraction of sp³-hybridized carbons (Fsp3) is 0.429. The molecule has 1 fully saturated rings. The van der Waals surface area contributed by atoms with Crippen LogP contribution in [0.25, 0.3) is 10.9 Å². The number of benzene rings is 1. The predicted octanol–water partition coefficient (Wildman–Crippen LogP) is 1.71. The van der Waals surface area contributed by atoms with Gasteiger partial charge >= 0.3 is 0 Å². The van der Waals surface area contributed by atoms with Crippen LogP contribution in [0.2, 0.25) is 0 Å². The molecule has 1 aromatic heterocycles. The van der Waals surface area contributed by atoms with Crippen LogP contribution >= 0.6 is 0 Å². The van der Waals surface area contributed by atoms with E-state index in [9.17, 15) is 10.1 Å². The molecule has 0 radical (unpaired) electrons. The number of piperidine rings is 1. The molecule has 1 aliphatic rings. The Morgan fingerprint density at radius 1 is 1.43 bits per heavy atom. The number of non-ortho nitro benzene ring substituents is 1. The molecule has 0 saturated carbocycles. The second-order valence-corrected chi connectivity index (χ2v) is 5.53. The summed E-state index contributed by atoms with van der Waals surface area (Å²) in [6.07, 6.45) is 2.39. The Morgan fingerprint density at radius 2 is 2.24 bits per heavy atom. The minimum absolute atomic E-state index is 0.0558. The number of nitro groups is 1. The molecule has 1 aliphatic heterocycles. The smallest absolute Gasteiger partial charge is 0.270 e. The molecule has 0 spiro atoms. The van der Waals surface area contributed by atoms with Crippen molar-refractivity contribution in [3.63, 3.8) is 0 Å². The van der Waals surface area contributed by atoms with Gasteiger partial charge in [0.05, 0.1) is 10.4 Å². The highest BCUT2D eigenvalue weighted by Gasteiger charge is 2.25. The molecule has 7 heteroatoms. The molecule has 2 heterocycles. The van der Waals surface area contributed by atoms with Crippen LogP contribution in [0.5, 0.6) is 0 Å². The number of rotatable bonds is 2. The molecule has 7 nitrogen and oxygen atoms in total. The van der Waals surface area contributed by atoms with Crippen molar-refractivity contribution < 1.29 is 4.92 Å². The van der Waals surface area contributed by atoms with Gasteiger partial charge in [0.2, 0.25) is 0 Å². The molecule has 1 saturated heterocycles. The van der Waals surface area contributed by atoms with Crippen molar-refractivity contribution in [2.45, 2.75) is 19.4 Å². The fourth-order valence-electron chi connectivity index (χ4n) is 2.75. The van der Waals surface area contributed by atoms with E-state index in [0.29, 0.717) is 11.4 Å². The first-order chi connectivity index (χ1) is 10.1. The Labute approximate surface area is 121 Å². The quantitative estimate of drug-likeness (QED) is 0.667. The van der Waals surface area contributed by atoms with E-state index in [1.54, 1.807) is 12.1 Å². The SMILES string of the molecule is CC1CN(c2ncnc3ccc([N+](=O)[O-])cc23)CCC1N. The normalized spacial score (nSPS) is 22.5. The predicted molar refractivity (Wildman–Crippen MR) is 80.2 cm³/mol. The van der Waals surface area contributed by atoms with Crippen LogP contribution < -0.4 is 10.6 Å². The third kappa shape index (κ3) is 2.52. The summed E-state index contributed by atoms with van der Waals surface area (Å²) in [7, 11) is 0. The molecule has 110 valence electrons.